The van der Waals surface area contributed by atoms with Crippen LogP contribution in [-0.4, -0.2) is 29.8 Å². The molecule has 0 saturated carbocycles. The zero-order valence-corrected chi connectivity index (χ0v) is 17.8. The number of benzene rings is 2. The van der Waals surface area contributed by atoms with Crippen molar-refractivity contribution in [2.24, 2.45) is 5.92 Å². The molecule has 1 aliphatic rings. The van der Waals surface area contributed by atoms with Crippen molar-refractivity contribution in [3.8, 4) is 5.75 Å². The topological polar surface area (TPSA) is 77.6 Å². The Bertz CT molecular complexity index is 1080. The number of nitrogens with one attached hydrogen (secondary N) is 1. The number of carbonyl (C=O) groups is 2. The van der Waals surface area contributed by atoms with Gasteiger partial charge in [-0.15, -0.1) is 0 Å². The van der Waals surface area contributed by atoms with Gasteiger partial charge in [0.2, 0.25) is 0 Å². The number of H-pyrrole nitrogens is 1. The average Bonchev–Trinajstić information content (AvgIpc) is 3.07. The number of halogens is 1. The summed E-state index contributed by atoms with van der Waals surface area (Å²) in [6.07, 6.45) is 1.83. The molecule has 1 fully saturated rings. The molecule has 7 heteroatoms. The third-order valence-corrected chi connectivity index (χ3v) is 5.64. The minimum absolute atomic E-state index is 0.593. The minimum atomic E-state index is -1.28. The number of methoxy groups -OCH3 is 1. The summed E-state index contributed by atoms with van der Waals surface area (Å²) in [5.41, 5.74) is 2.50. The van der Waals surface area contributed by atoms with E-state index in [4.69, 9.17) is 14.2 Å². The fraction of sp³-hybridized carbons (Fsp3) is 0.273. The molecular weight excluding hydrogens is 438 g/mol. The molecule has 0 aliphatic carbocycles. The molecule has 0 radical (unpaired) electrons. The first kappa shape index (κ1) is 19.5. The Labute approximate surface area is 176 Å². The number of aromatic nitrogens is 1. The van der Waals surface area contributed by atoms with Crippen LogP contribution in [0.5, 0.6) is 5.75 Å². The summed E-state index contributed by atoms with van der Waals surface area (Å²) < 4.78 is 16.9. The number of ether oxygens (including phenoxy) is 3. The Balaban J connectivity index is 1.89. The largest absolute Gasteiger partial charge is 0.496 e. The molecular formula is C22H20BrNO5. The van der Waals surface area contributed by atoms with Crippen LogP contribution in [-0.2, 0) is 19.1 Å². The molecule has 1 N–H and O–H groups in total. The molecule has 150 valence electrons. The smallest absolute Gasteiger partial charge is 0.324 e. The highest BCUT2D eigenvalue weighted by Crippen LogP contribution is 2.42. The van der Waals surface area contributed by atoms with Crippen molar-refractivity contribution in [2.75, 3.05) is 7.11 Å². The van der Waals surface area contributed by atoms with E-state index in [9.17, 15) is 9.59 Å². The van der Waals surface area contributed by atoms with Gasteiger partial charge in [0.05, 0.1) is 11.6 Å². The van der Waals surface area contributed by atoms with Crippen LogP contribution >= 0.6 is 15.9 Å². The van der Waals surface area contributed by atoms with E-state index in [-0.39, 0.29) is 0 Å². The number of hydrogen-bond acceptors (Lipinski definition) is 5. The second-order valence-electron chi connectivity index (χ2n) is 7.38. The number of fused-ring (bicyclic) bond motifs is 1. The van der Waals surface area contributed by atoms with E-state index >= 15 is 0 Å². The van der Waals surface area contributed by atoms with Gasteiger partial charge in [-0.1, -0.05) is 24.3 Å². The van der Waals surface area contributed by atoms with E-state index in [1.807, 2.05) is 42.6 Å². The van der Waals surface area contributed by atoms with Crippen LogP contribution in [0.15, 0.2) is 53.1 Å². The lowest BCUT2D eigenvalue weighted by molar-refractivity contribution is -0.240. The van der Waals surface area contributed by atoms with Crippen LogP contribution in [0.4, 0.5) is 0 Å². The molecule has 2 aromatic carbocycles. The summed E-state index contributed by atoms with van der Waals surface area (Å²) in [7, 11) is 1.58. The van der Waals surface area contributed by atoms with Gasteiger partial charge < -0.3 is 19.2 Å². The van der Waals surface area contributed by atoms with Crippen LogP contribution in [0, 0.1) is 5.92 Å². The van der Waals surface area contributed by atoms with Gasteiger partial charge in [0.15, 0.2) is 5.92 Å². The van der Waals surface area contributed by atoms with Gasteiger partial charge in [-0.2, -0.15) is 0 Å². The van der Waals surface area contributed by atoms with Crippen molar-refractivity contribution in [2.45, 2.75) is 25.6 Å². The second-order valence-corrected chi connectivity index (χ2v) is 8.24. The average molecular weight is 458 g/mol. The zero-order valence-electron chi connectivity index (χ0n) is 16.2. The zero-order chi connectivity index (χ0) is 20.8. The Morgan fingerprint density at radius 3 is 2.45 bits per heavy atom. The van der Waals surface area contributed by atoms with E-state index in [0.717, 1.165) is 26.5 Å². The number of cyclic esters (lactones) is 2. The molecule has 0 unspecified atom stereocenters. The molecule has 1 aromatic heterocycles. The molecule has 4 rings (SSSR count). The van der Waals surface area contributed by atoms with Crippen molar-refractivity contribution in [1.82, 2.24) is 4.98 Å². The van der Waals surface area contributed by atoms with Crippen molar-refractivity contribution >= 4 is 38.8 Å². The first-order chi connectivity index (χ1) is 13.8. The minimum Gasteiger partial charge on any atom is -0.496 e. The second kappa shape index (κ2) is 7.22. The van der Waals surface area contributed by atoms with E-state index in [1.54, 1.807) is 27.0 Å². The lowest BCUT2D eigenvalue weighted by Crippen LogP contribution is -2.48. The number of aromatic amines is 1. The Hall–Kier alpha value is -2.80. The summed E-state index contributed by atoms with van der Waals surface area (Å²) >= 11 is 3.50. The molecule has 29 heavy (non-hydrogen) atoms. The van der Waals surface area contributed by atoms with Crippen molar-refractivity contribution in [3.05, 3.63) is 64.3 Å². The van der Waals surface area contributed by atoms with Crippen molar-refractivity contribution in [3.63, 3.8) is 0 Å². The maximum absolute atomic E-state index is 12.9. The maximum atomic E-state index is 12.9. The molecule has 3 aromatic rings. The van der Waals surface area contributed by atoms with Gasteiger partial charge in [-0.25, -0.2) is 0 Å². The molecule has 0 amide bonds. The molecule has 2 heterocycles. The molecule has 1 aliphatic heterocycles. The standard InChI is InChI=1S/C22H20BrNO5/c1-22(2)28-20(25)19(21(26)29-22)18(12-8-9-17(27-3)15(23)10-12)14-11-24-16-7-5-4-6-13(14)16/h4-11,18-19,24H,1-3H3/t18-/m0/s1. The monoisotopic (exact) mass is 457 g/mol. The quantitative estimate of drug-likeness (QED) is 0.460. The summed E-state index contributed by atoms with van der Waals surface area (Å²) in [5, 5.41) is 0.926. The highest BCUT2D eigenvalue weighted by molar-refractivity contribution is 9.10. The van der Waals surface area contributed by atoms with Gasteiger partial charge in [-0.3, -0.25) is 9.59 Å². The van der Waals surface area contributed by atoms with E-state index in [1.165, 1.54) is 0 Å². The first-order valence-corrected chi connectivity index (χ1v) is 9.95. The van der Waals surface area contributed by atoms with E-state index < -0.39 is 29.6 Å². The van der Waals surface area contributed by atoms with E-state index in [2.05, 4.69) is 20.9 Å². The van der Waals surface area contributed by atoms with Gasteiger partial charge in [0.1, 0.15) is 5.75 Å². The number of carbonyl (C=O) groups excluding carboxylic acids is 2. The van der Waals surface area contributed by atoms with Gasteiger partial charge >= 0.3 is 11.9 Å². The summed E-state index contributed by atoms with van der Waals surface area (Å²) in [5.74, 6) is -3.55. The maximum Gasteiger partial charge on any atom is 0.324 e. The number of para-hydroxylation sites is 1. The molecule has 6 nitrogen and oxygen atoms in total. The predicted octanol–water partition coefficient (Wildman–Crippen LogP) is 4.52. The Morgan fingerprint density at radius 2 is 1.79 bits per heavy atom. The summed E-state index contributed by atoms with van der Waals surface area (Å²) in [4.78, 5) is 29.0. The highest BCUT2D eigenvalue weighted by atomic mass is 79.9. The van der Waals surface area contributed by atoms with Crippen LogP contribution in [0.3, 0.4) is 0 Å². The third-order valence-electron chi connectivity index (χ3n) is 5.03. The number of esters is 2. The van der Waals surface area contributed by atoms with Gasteiger partial charge in [-0.05, 0) is 45.3 Å². The molecule has 0 bridgehead atoms. The van der Waals surface area contributed by atoms with Gasteiger partial charge in [0.25, 0.3) is 5.79 Å². The Kier molecular flexibility index (Phi) is 4.86. The van der Waals surface area contributed by atoms with Crippen molar-refractivity contribution < 1.29 is 23.8 Å². The number of hydrogen-bond donors (Lipinski definition) is 1. The SMILES string of the molecule is COc1ccc([C@@H](c2c[nH]c3ccccc23)C2C(=O)OC(C)(C)OC2=O)cc1Br. The fourth-order valence-corrected chi connectivity index (χ4v) is 4.34. The highest BCUT2D eigenvalue weighted by Gasteiger charge is 2.48. The van der Waals surface area contributed by atoms with Crippen LogP contribution in [0.2, 0.25) is 0 Å². The van der Waals surface area contributed by atoms with Crippen LogP contribution < -0.4 is 4.74 Å². The summed E-state index contributed by atoms with van der Waals surface area (Å²) in [6, 6.07) is 13.2. The fourth-order valence-electron chi connectivity index (χ4n) is 3.78. The molecule has 1 saturated heterocycles. The Morgan fingerprint density at radius 1 is 1.10 bits per heavy atom. The van der Waals surface area contributed by atoms with Crippen LogP contribution in [0.1, 0.15) is 30.9 Å². The molecule has 1 atom stereocenters. The third kappa shape index (κ3) is 3.51. The normalized spacial score (nSPS) is 17.7. The van der Waals surface area contributed by atoms with E-state index in [0.29, 0.717) is 5.75 Å². The predicted molar refractivity (Wildman–Crippen MR) is 111 cm³/mol. The van der Waals surface area contributed by atoms with Crippen LogP contribution in [0.25, 0.3) is 10.9 Å². The van der Waals surface area contributed by atoms with Gasteiger partial charge in [0, 0.05) is 36.9 Å². The lowest BCUT2D eigenvalue weighted by Gasteiger charge is -2.36. The lowest BCUT2D eigenvalue weighted by atomic mass is 9.80. The number of rotatable bonds is 4. The first-order valence-electron chi connectivity index (χ1n) is 9.16. The summed E-state index contributed by atoms with van der Waals surface area (Å²) in [6.45, 7) is 3.09. The molecule has 0 spiro atoms. The van der Waals surface area contributed by atoms with Crippen molar-refractivity contribution in [1.29, 1.82) is 0 Å².